The van der Waals surface area contributed by atoms with E-state index in [1.807, 2.05) is 27.7 Å². The molecule has 1 N–H and O–H groups in total. The Bertz CT molecular complexity index is 384. The number of carbonyl (C=O) groups is 1. The molecule has 0 bridgehead atoms. The van der Waals surface area contributed by atoms with Crippen molar-refractivity contribution in [2.24, 2.45) is 0 Å². The first-order valence-corrected chi connectivity index (χ1v) is 5.61. The van der Waals surface area contributed by atoms with Crippen molar-refractivity contribution in [1.29, 1.82) is 0 Å². The van der Waals surface area contributed by atoms with Crippen molar-refractivity contribution >= 4 is 6.29 Å². The molecular weight excluding hydrogens is 202 g/mol. The van der Waals surface area contributed by atoms with Crippen LogP contribution in [0.1, 0.15) is 66.8 Å². The normalized spacial score (nSPS) is 11.2. The standard InChI is InChI=1S/C13H19NO2/c1-8(2)12-10(6-15)5-11(7-16)13(14-12)9(3)4/h5-6,8-9,16H,7H2,1-4H3. The summed E-state index contributed by atoms with van der Waals surface area (Å²) in [6, 6.07) is 1.75. The molecule has 1 heterocycles. The van der Waals surface area contributed by atoms with E-state index in [-0.39, 0.29) is 18.4 Å². The van der Waals surface area contributed by atoms with Crippen molar-refractivity contribution in [3.8, 4) is 0 Å². The number of hydrogen-bond acceptors (Lipinski definition) is 3. The number of nitrogens with zero attached hydrogens (tertiary/aromatic N) is 1. The zero-order chi connectivity index (χ0) is 12.3. The lowest BCUT2D eigenvalue weighted by Crippen LogP contribution is -2.08. The Labute approximate surface area is 96.5 Å². The molecule has 0 saturated carbocycles. The summed E-state index contributed by atoms with van der Waals surface area (Å²) in [5.41, 5.74) is 3.04. The van der Waals surface area contributed by atoms with Crippen LogP contribution in [0.25, 0.3) is 0 Å². The maximum Gasteiger partial charge on any atom is 0.151 e. The molecule has 88 valence electrons. The van der Waals surface area contributed by atoms with Gasteiger partial charge in [0.1, 0.15) is 0 Å². The van der Waals surface area contributed by atoms with Gasteiger partial charge in [-0.15, -0.1) is 0 Å². The third-order valence-electron chi connectivity index (χ3n) is 2.59. The second-order valence-corrected chi connectivity index (χ2v) is 4.59. The molecule has 0 atom stereocenters. The van der Waals surface area contributed by atoms with Gasteiger partial charge in [-0.2, -0.15) is 0 Å². The highest BCUT2D eigenvalue weighted by atomic mass is 16.3. The maximum atomic E-state index is 11.0. The van der Waals surface area contributed by atoms with Crippen LogP contribution in [0.3, 0.4) is 0 Å². The third-order valence-corrected chi connectivity index (χ3v) is 2.59. The van der Waals surface area contributed by atoms with Crippen molar-refractivity contribution in [3.63, 3.8) is 0 Å². The molecule has 0 fully saturated rings. The zero-order valence-electron chi connectivity index (χ0n) is 10.3. The molecule has 0 aromatic carbocycles. The zero-order valence-corrected chi connectivity index (χ0v) is 10.3. The fraction of sp³-hybridized carbons (Fsp3) is 0.538. The highest BCUT2D eigenvalue weighted by molar-refractivity contribution is 5.77. The van der Waals surface area contributed by atoms with Crippen molar-refractivity contribution in [2.75, 3.05) is 0 Å². The Morgan fingerprint density at radius 2 is 1.81 bits per heavy atom. The summed E-state index contributed by atoms with van der Waals surface area (Å²) in [4.78, 5) is 15.5. The largest absolute Gasteiger partial charge is 0.392 e. The van der Waals surface area contributed by atoms with Crippen molar-refractivity contribution < 1.29 is 9.90 Å². The molecule has 3 heteroatoms. The molecule has 0 aliphatic heterocycles. The highest BCUT2D eigenvalue weighted by Crippen LogP contribution is 2.24. The molecular formula is C13H19NO2. The van der Waals surface area contributed by atoms with Crippen LogP contribution in [-0.4, -0.2) is 16.4 Å². The lowest BCUT2D eigenvalue weighted by Gasteiger charge is -2.15. The second kappa shape index (κ2) is 5.21. The van der Waals surface area contributed by atoms with E-state index < -0.39 is 0 Å². The number of pyridine rings is 1. The van der Waals surface area contributed by atoms with Crippen LogP contribution in [-0.2, 0) is 6.61 Å². The van der Waals surface area contributed by atoms with Gasteiger partial charge >= 0.3 is 0 Å². The number of aliphatic hydroxyl groups excluding tert-OH is 1. The van der Waals surface area contributed by atoms with Crippen molar-refractivity contribution in [2.45, 2.75) is 46.1 Å². The maximum absolute atomic E-state index is 11.0. The number of carbonyl (C=O) groups excluding carboxylic acids is 1. The van der Waals surface area contributed by atoms with E-state index in [4.69, 9.17) is 0 Å². The molecule has 0 aliphatic carbocycles. The summed E-state index contributed by atoms with van der Waals surface area (Å²) in [5.74, 6) is 0.464. The lowest BCUT2D eigenvalue weighted by molar-refractivity contribution is 0.112. The fourth-order valence-corrected chi connectivity index (χ4v) is 1.79. The summed E-state index contributed by atoms with van der Waals surface area (Å²) >= 11 is 0. The molecule has 1 aromatic heterocycles. The van der Waals surface area contributed by atoms with E-state index in [0.29, 0.717) is 5.56 Å². The average molecular weight is 221 g/mol. The summed E-state index contributed by atoms with van der Waals surface area (Å²) in [7, 11) is 0. The van der Waals surface area contributed by atoms with Crippen LogP contribution in [0.5, 0.6) is 0 Å². The van der Waals surface area contributed by atoms with Gasteiger partial charge in [-0.25, -0.2) is 0 Å². The summed E-state index contributed by atoms with van der Waals surface area (Å²) in [6.07, 6.45) is 0.811. The average Bonchev–Trinajstić information content (AvgIpc) is 2.26. The molecule has 0 aliphatic rings. The van der Waals surface area contributed by atoms with Gasteiger partial charge in [-0.3, -0.25) is 9.78 Å². The van der Waals surface area contributed by atoms with Crippen LogP contribution in [0.2, 0.25) is 0 Å². The fourth-order valence-electron chi connectivity index (χ4n) is 1.79. The monoisotopic (exact) mass is 221 g/mol. The molecule has 1 rings (SSSR count). The lowest BCUT2D eigenvalue weighted by atomic mass is 9.97. The molecule has 0 amide bonds. The molecule has 16 heavy (non-hydrogen) atoms. The topological polar surface area (TPSA) is 50.2 Å². The van der Waals surface area contributed by atoms with Crippen LogP contribution < -0.4 is 0 Å². The molecule has 0 radical (unpaired) electrons. The number of aliphatic hydroxyl groups is 1. The van der Waals surface area contributed by atoms with Crippen LogP contribution in [0.15, 0.2) is 6.07 Å². The van der Waals surface area contributed by atoms with Gasteiger partial charge < -0.3 is 5.11 Å². The minimum Gasteiger partial charge on any atom is -0.392 e. The number of hydrogen-bond donors (Lipinski definition) is 1. The van der Waals surface area contributed by atoms with Crippen molar-refractivity contribution in [3.05, 3.63) is 28.6 Å². The van der Waals surface area contributed by atoms with Crippen LogP contribution in [0, 0.1) is 0 Å². The number of rotatable bonds is 4. The van der Waals surface area contributed by atoms with Gasteiger partial charge in [0.05, 0.1) is 12.3 Å². The summed E-state index contributed by atoms with van der Waals surface area (Å²) in [5, 5.41) is 9.26. The van der Waals surface area contributed by atoms with E-state index in [9.17, 15) is 9.90 Å². The van der Waals surface area contributed by atoms with Crippen LogP contribution >= 0.6 is 0 Å². The Morgan fingerprint density at radius 3 is 2.19 bits per heavy atom. The second-order valence-electron chi connectivity index (χ2n) is 4.59. The van der Waals surface area contributed by atoms with E-state index in [2.05, 4.69) is 4.98 Å². The van der Waals surface area contributed by atoms with Crippen molar-refractivity contribution in [1.82, 2.24) is 4.98 Å². The van der Waals surface area contributed by atoms with E-state index in [0.717, 1.165) is 23.2 Å². The molecule has 0 spiro atoms. The predicted octanol–water partition coefficient (Wildman–Crippen LogP) is 2.63. The smallest absolute Gasteiger partial charge is 0.151 e. The minimum absolute atomic E-state index is 0.0697. The van der Waals surface area contributed by atoms with Gasteiger partial charge in [-0.05, 0) is 23.5 Å². The number of aromatic nitrogens is 1. The summed E-state index contributed by atoms with van der Waals surface area (Å²) in [6.45, 7) is 8.02. The number of aldehydes is 1. The Kier molecular flexibility index (Phi) is 4.19. The Balaban J connectivity index is 3.40. The Morgan fingerprint density at radius 1 is 1.25 bits per heavy atom. The first-order valence-electron chi connectivity index (χ1n) is 5.61. The molecule has 1 aromatic rings. The van der Waals surface area contributed by atoms with Gasteiger partial charge in [0.15, 0.2) is 6.29 Å². The van der Waals surface area contributed by atoms with Crippen LogP contribution in [0.4, 0.5) is 0 Å². The van der Waals surface area contributed by atoms with Gasteiger partial charge in [0, 0.05) is 11.3 Å². The first kappa shape index (κ1) is 12.8. The molecule has 0 saturated heterocycles. The Hall–Kier alpha value is -1.22. The van der Waals surface area contributed by atoms with E-state index in [1.165, 1.54) is 0 Å². The van der Waals surface area contributed by atoms with Gasteiger partial charge in [0.2, 0.25) is 0 Å². The molecule has 3 nitrogen and oxygen atoms in total. The highest BCUT2D eigenvalue weighted by Gasteiger charge is 2.15. The van der Waals surface area contributed by atoms with Gasteiger partial charge in [-0.1, -0.05) is 27.7 Å². The minimum atomic E-state index is -0.0697. The third kappa shape index (κ3) is 2.47. The predicted molar refractivity (Wildman–Crippen MR) is 63.7 cm³/mol. The van der Waals surface area contributed by atoms with E-state index in [1.54, 1.807) is 6.07 Å². The SMILES string of the molecule is CC(C)c1nc(C(C)C)c(CO)cc1C=O. The molecule has 0 unspecified atom stereocenters. The van der Waals surface area contributed by atoms with Gasteiger partial charge in [0.25, 0.3) is 0 Å². The first-order chi connectivity index (χ1) is 7.51. The quantitative estimate of drug-likeness (QED) is 0.795. The summed E-state index contributed by atoms with van der Waals surface area (Å²) < 4.78 is 0. The van der Waals surface area contributed by atoms with E-state index >= 15 is 0 Å².